The topological polar surface area (TPSA) is 44.0 Å². The molecule has 2 nitrogen and oxygen atoms in total. The van der Waals surface area contributed by atoms with Crippen molar-refractivity contribution in [2.45, 2.75) is 52.1 Å². The molecule has 0 saturated heterocycles. The third-order valence-electron chi connectivity index (χ3n) is 4.51. The Morgan fingerprint density at radius 3 is 2.84 bits per heavy atom. The van der Waals surface area contributed by atoms with Gasteiger partial charge in [-0.1, -0.05) is 51.0 Å². The molecule has 1 saturated carbocycles. The number of hydrogen-bond donors (Lipinski definition) is 1. The van der Waals surface area contributed by atoms with Crippen molar-refractivity contribution in [2.24, 2.45) is 11.3 Å². The summed E-state index contributed by atoms with van der Waals surface area (Å²) in [6.45, 7) is 4.28. The average Bonchev–Trinajstić information content (AvgIpc) is 2.46. The van der Waals surface area contributed by atoms with Crippen molar-refractivity contribution in [2.75, 3.05) is 0 Å². The molecule has 2 heteroatoms. The summed E-state index contributed by atoms with van der Waals surface area (Å²) < 4.78 is 0. The van der Waals surface area contributed by atoms with E-state index in [1.54, 1.807) is 0 Å². The molecule has 0 aliphatic heterocycles. The van der Waals surface area contributed by atoms with Gasteiger partial charge in [-0.05, 0) is 36.3 Å². The molecule has 0 amide bonds. The second-order valence-electron chi connectivity index (χ2n) is 5.92. The quantitative estimate of drug-likeness (QED) is 0.889. The Kier molecular flexibility index (Phi) is 4.27. The monoisotopic (exact) mass is 257 g/mol. The van der Waals surface area contributed by atoms with Gasteiger partial charge in [0.05, 0.1) is 17.6 Å². The van der Waals surface area contributed by atoms with Gasteiger partial charge in [-0.3, -0.25) is 0 Å². The molecule has 0 aromatic heterocycles. The fraction of sp³-hybridized carbons (Fsp3) is 0.588. The van der Waals surface area contributed by atoms with Gasteiger partial charge in [0.2, 0.25) is 0 Å². The first-order valence-electron chi connectivity index (χ1n) is 7.30. The van der Waals surface area contributed by atoms with E-state index >= 15 is 0 Å². The molecule has 0 bridgehead atoms. The first-order chi connectivity index (χ1) is 9.13. The van der Waals surface area contributed by atoms with Crippen LogP contribution in [-0.4, -0.2) is 5.11 Å². The molecule has 0 heterocycles. The van der Waals surface area contributed by atoms with Crippen molar-refractivity contribution in [1.29, 1.82) is 5.26 Å². The second-order valence-corrected chi connectivity index (χ2v) is 5.92. The number of aliphatic hydroxyl groups is 1. The Labute approximate surface area is 116 Å². The van der Waals surface area contributed by atoms with Gasteiger partial charge in [0.15, 0.2) is 0 Å². The van der Waals surface area contributed by atoms with Crippen molar-refractivity contribution in [3.8, 4) is 6.07 Å². The van der Waals surface area contributed by atoms with Crippen LogP contribution in [0.3, 0.4) is 0 Å². The molecule has 19 heavy (non-hydrogen) atoms. The van der Waals surface area contributed by atoms with Crippen molar-refractivity contribution >= 4 is 0 Å². The largest absolute Gasteiger partial charge is 0.387 e. The number of aliphatic hydroxyl groups excluding tert-OH is 1. The molecule has 1 fully saturated rings. The Balaban J connectivity index is 2.35. The highest BCUT2D eigenvalue weighted by Crippen LogP contribution is 2.48. The molecule has 0 radical (unpaired) electrons. The number of hydrogen-bond acceptors (Lipinski definition) is 2. The van der Waals surface area contributed by atoms with E-state index in [1.165, 1.54) is 6.42 Å². The first-order valence-corrected chi connectivity index (χ1v) is 7.30. The predicted octanol–water partition coefficient (Wildman–Crippen LogP) is 4.00. The molecule has 0 spiro atoms. The zero-order chi connectivity index (χ0) is 13.9. The number of nitriles is 1. The zero-order valence-corrected chi connectivity index (χ0v) is 11.9. The maximum atomic E-state index is 10.8. The van der Waals surface area contributed by atoms with Crippen molar-refractivity contribution < 1.29 is 5.11 Å². The Hall–Kier alpha value is -1.33. The predicted molar refractivity (Wildman–Crippen MR) is 76.5 cm³/mol. The van der Waals surface area contributed by atoms with Crippen LogP contribution in [0.1, 0.15) is 56.8 Å². The molecular weight excluding hydrogens is 234 g/mol. The van der Waals surface area contributed by atoms with E-state index in [1.807, 2.05) is 18.2 Å². The van der Waals surface area contributed by atoms with Crippen LogP contribution in [0.5, 0.6) is 0 Å². The lowest BCUT2D eigenvalue weighted by atomic mass is 9.66. The first kappa shape index (κ1) is 14.1. The Bertz CT molecular complexity index is 476. The lowest BCUT2D eigenvalue weighted by Gasteiger charge is -2.38. The van der Waals surface area contributed by atoms with Gasteiger partial charge < -0.3 is 5.11 Å². The van der Waals surface area contributed by atoms with Crippen LogP contribution >= 0.6 is 0 Å². The van der Waals surface area contributed by atoms with Crippen LogP contribution in [-0.2, 0) is 6.42 Å². The molecule has 1 N–H and O–H groups in total. The molecule has 1 aromatic rings. The number of nitrogens with zero attached hydrogens (tertiary/aromatic N) is 1. The zero-order valence-electron chi connectivity index (χ0n) is 11.9. The van der Waals surface area contributed by atoms with E-state index in [-0.39, 0.29) is 0 Å². The lowest BCUT2D eigenvalue weighted by Crippen LogP contribution is -2.33. The van der Waals surface area contributed by atoms with Crippen LogP contribution < -0.4 is 0 Å². The van der Waals surface area contributed by atoms with E-state index in [9.17, 15) is 10.4 Å². The highest BCUT2D eigenvalue weighted by Gasteiger charge is 2.42. The van der Waals surface area contributed by atoms with Gasteiger partial charge in [0.1, 0.15) is 0 Å². The summed E-state index contributed by atoms with van der Waals surface area (Å²) in [5.41, 5.74) is 1.51. The van der Waals surface area contributed by atoms with E-state index < -0.39 is 11.5 Å². The van der Waals surface area contributed by atoms with E-state index in [0.717, 1.165) is 36.8 Å². The van der Waals surface area contributed by atoms with Gasteiger partial charge in [-0.15, -0.1) is 0 Å². The third kappa shape index (κ3) is 2.67. The fourth-order valence-corrected chi connectivity index (χ4v) is 3.42. The SMILES string of the molecule is CCc1ccccc1C(O)C1(C#N)CCCC(C)C1. The molecule has 1 aliphatic carbocycles. The minimum atomic E-state index is -0.656. The third-order valence-corrected chi connectivity index (χ3v) is 4.51. The highest BCUT2D eigenvalue weighted by atomic mass is 16.3. The molecule has 3 atom stereocenters. The summed E-state index contributed by atoms with van der Waals surface area (Å²) in [4.78, 5) is 0. The number of benzene rings is 1. The van der Waals surface area contributed by atoms with Gasteiger partial charge in [-0.2, -0.15) is 5.26 Å². The minimum Gasteiger partial charge on any atom is -0.387 e. The van der Waals surface area contributed by atoms with Crippen LogP contribution in [0.25, 0.3) is 0 Å². The van der Waals surface area contributed by atoms with Crippen LogP contribution in [0.4, 0.5) is 0 Å². The second kappa shape index (κ2) is 5.75. The normalized spacial score (nSPS) is 28.6. The van der Waals surface area contributed by atoms with Crippen molar-refractivity contribution in [3.05, 3.63) is 35.4 Å². The molecule has 1 aromatic carbocycles. The maximum Gasteiger partial charge on any atom is 0.0979 e. The summed E-state index contributed by atoms with van der Waals surface area (Å²) in [7, 11) is 0. The molecule has 1 aliphatic rings. The highest BCUT2D eigenvalue weighted by molar-refractivity contribution is 5.32. The van der Waals surface area contributed by atoms with Gasteiger partial charge in [0.25, 0.3) is 0 Å². The van der Waals surface area contributed by atoms with Crippen molar-refractivity contribution in [1.82, 2.24) is 0 Å². The molecule has 3 unspecified atom stereocenters. The van der Waals surface area contributed by atoms with E-state index in [2.05, 4.69) is 26.0 Å². The van der Waals surface area contributed by atoms with E-state index in [0.29, 0.717) is 5.92 Å². The number of aryl methyl sites for hydroxylation is 1. The minimum absolute atomic E-state index is 0.525. The van der Waals surface area contributed by atoms with Crippen LogP contribution in [0.15, 0.2) is 24.3 Å². The maximum absolute atomic E-state index is 10.8. The molecule has 102 valence electrons. The van der Waals surface area contributed by atoms with Crippen LogP contribution in [0, 0.1) is 22.7 Å². The lowest BCUT2D eigenvalue weighted by molar-refractivity contribution is 0.0214. The summed E-state index contributed by atoms with van der Waals surface area (Å²) in [6, 6.07) is 10.4. The fourth-order valence-electron chi connectivity index (χ4n) is 3.42. The molecular formula is C17H23NO. The Morgan fingerprint density at radius 1 is 1.47 bits per heavy atom. The van der Waals surface area contributed by atoms with E-state index in [4.69, 9.17) is 0 Å². The smallest absolute Gasteiger partial charge is 0.0979 e. The number of rotatable bonds is 3. The average molecular weight is 257 g/mol. The standard InChI is InChI=1S/C17H23NO/c1-3-14-8-4-5-9-15(14)16(19)17(12-18)10-6-7-13(2)11-17/h4-5,8-9,13,16,19H,3,6-7,10-11H2,1-2H3. The van der Waals surface area contributed by atoms with Crippen LogP contribution in [0.2, 0.25) is 0 Å². The molecule has 2 rings (SSSR count). The summed E-state index contributed by atoms with van der Waals surface area (Å²) in [5.74, 6) is 0.525. The Morgan fingerprint density at radius 2 is 2.21 bits per heavy atom. The summed E-state index contributed by atoms with van der Waals surface area (Å²) >= 11 is 0. The summed E-state index contributed by atoms with van der Waals surface area (Å²) in [6.07, 6.45) is 4.07. The van der Waals surface area contributed by atoms with Gasteiger partial charge >= 0.3 is 0 Å². The van der Waals surface area contributed by atoms with Crippen molar-refractivity contribution in [3.63, 3.8) is 0 Å². The van der Waals surface area contributed by atoms with Gasteiger partial charge in [-0.25, -0.2) is 0 Å². The van der Waals surface area contributed by atoms with Gasteiger partial charge in [0, 0.05) is 0 Å². The summed E-state index contributed by atoms with van der Waals surface area (Å²) in [5, 5.41) is 20.4.